The lowest BCUT2D eigenvalue weighted by molar-refractivity contribution is -0.200. The van der Waals surface area contributed by atoms with Crippen molar-refractivity contribution in [1.82, 2.24) is 5.32 Å². The van der Waals surface area contributed by atoms with E-state index in [0.717, 1.165) is 6.08 Å². The molecule has 5 nitrogen and oxygen atoms in total. The van der Waals surface area contributed by atoms with Gasteiger partial charge in [0, 0.05) is 19.2 Å². The van der Waals surface area contributed by atoms with Crippen LogP contribution in [0.15, 0.2) is 12.2 Å². The lowest BCUT2D eigenvalue weighted by Crippen LogP contribution is -2.37. The number of alkyl halides is 3. The van der Waals surface area contributed by atoms with Crippen LogP contribution in [0.4, 0.5) is 13.2 Å². The van der Waals surface area contributed by atoms with Gasteiger partial charge in [0.2, 0.25) is 0 Å². The lowest BCUT2D eigenvalue weighted by Gasteiger charge is -2.20. The molecule has 8 heteroatoms. The first-order valence-electron chi connectivity index (χ1n) is 4.73. The van der Waals surface area contributed by atoms with Crippen LogP contribution in [0.1, 0.15) is 0 Å². The molecule has 1 heterocycles. The topological polar surface area (TPSA) is 64.6 Å². The van der Waals surface area contributed by atoms with Crippen LogP contribution in [0.2, 0.25) is 0 Å². The Hall–Kier alpha value is -1.41. The zero-order valence-corrected chi connectivity index (χ0v) is 8.62. The number of hydrogen-bond donors (Lipinski definition) is 1. The van der Waals surface area contributed by atoms with Crippen molar-refractivity contribution in [3.05, 3.63) is 12.2 Å². The van der Waals surface area contributed by atoms with Gasteiger partial charge < -0.3 is 14.8 Å². The third kappa shape index (κ3) is 4.96. The highest BCUT2D eigenvalue weighted by Gasteiger charge is 2.42. The highest BCUT2D eigenvalue weighted by atomic mass is 19.4. The first kappa shape index (κ1) is 13.7. The second-order valence-corrected chi connectivity index (χ2v) is 3.18. The molecule has 1 aliphatic heterocycles. The van der Waals surface area contributed by atoms with Crippen molar-refractivity contribution in [1.29, 1.82) is 0 Å². The molecule has 0 aromatic heterocycles. The zero-order chi connectivity index (χ0) is 12.9. The van der Waals surface area contributed by atoms with E-state index in [1.165, 1.54) is 6.08 Å². The van der Waals surface area contributed by atoms with E-state index < -0.39 is 24.2 Å². The second kappa shape index (κ2) is 5.78. The van der Waals surface area contributed by atoms with Gasteiger partial charge in [-0.1, -0.05) is 0 Å². The molecule has 1 fully saturated rings. The molecule has 0 bridgehead atoms. The molecule has 1 atom stereocenters. The van der Waals surface area contributed by atoms with E-state index in [2.05, 4.69) is 10.1 Å². The number of carbonyl (C=O) groups excluding carboxylic acids is 2. The predicted octanol–water partition coefficient (Wildman–Crippen LogP) is 0.163. The summed E-state index contributed by atoms with van der Waals surface area (Å²) in [4.78, 5) is 21.1. The van der Waals surface area contributed by atoms with Gasteiger partial charge in [0.1, 0.15) is 0 Å². The largest absolute Gasteiger partial charge is 0.491 e. The maximum atomic E-state index is 11.7. The Kier molecular flexibility index (Phi) is 4.64. The van der Waals surface area contributed by atoms with E-state index in [4.69, 9.17) is 4.74 Å². The molecular weight excluding hydrogens is 243 g/mol. The summed E-state index contributed by atoms with van der Waals surface area (Å²) in [5.74, 6) is -3.91. The number of ether oxygens (including phenoxy) is 2. The van der Waals surface area contributed by atoms with Crippen molar-refractivity contribution < 1.29 is 32.2 Å². The van der Waals surface area contributed by atoms with Gasteiger partial charge in [-0.25, -0.2) is 9.59 Å². The molecule has 0 spiro atoms. The number of carbonyl (C=O) groups is 2. The molecule has 0 unspecified atom stereocenters. The molecule has 0 amide bonds. The number of halogens is 3. The molecule has 1 aliphatic rings. The van der Waals surface area contributed by atoms with Crippen molar-refractivity contribution in [2.75, 3.05) is 19.7 Å². The zero-order valence-electron chi connectivity index (χ0n) is 8.62. The molecule has 1 rings (SSSR count). The number of hydrogen-bond acceptors (Lipinski definition) is 5. The summed E-state index contributed by atoms with van der Waals surface area (Å²) in [6.07, 6.45) is -3.62. The summed E-state index contributed by atoms with van der Waals surface area (Å²) in [5, 5.41) is 2.95. The van der Waals surface area contributed by atoms with Gasteiger partial charge in [-0.3, -0.25) is 0 Å². The summed E-state index contributed by atoms with van der Waals surface area (Å²) in [5.41, 5.74) is 0. The minimum atomic E-state index is -5.17. The van der Waals surface area contributed by atoms with Crippen LogP contribution >= 0.6 is 0 Å². The molecule has 1 saturated heterocycles. The number of morpholine rings is 1. The van der Waals surface area contributed by atoms with Crippen LogP contribution in [0.3, 0.4) is 0 Å². The van der Waals surface area contributed by atoms with Gasteiger partial charge >= 0.3 is 18.1 Å². The van der Waals surface area contributed by atoms with Gasteiger partial charge in [0.15, 0.2) is 0 Å². The predicted molar refractivity (Wildman–Crippen MR) is 48.9 cm³/mol. The Bertz CT molecular complexity index is 321. The Balaban J connectivity index is 2.38. The van der Waals surface area contributed by atoms with Crippen molar-refractivity contribution in [2.24, 2.45) is 0 Å². The van der Waals surface area contributed by atoms with E-state index in [1.54, 1.807) is 0 Å². The smallest absolute Gasteiger partial charge is 0.383 e. The summed E-state index contributed by atoms with van der Waals surface area (Å²) in [7, 11) is 0. The second-order valence-electron chi connectivity index (χ2n) is 3.18. The van der Waals surface area contributed by atoms with Crippen LogP contribution in [0.5, 0.6) is 0 Å². The minimum absolute atomic E-state index is 0.419. The summed E-state index contributed by atoms with van der Waals surface area (Å²) < 4.78 is 43.8. The molecule has 0 aromatic rings. The van der Waals surface area contributed by atoms with Gasteiger partial charge in [-0.2, -0.15) is 13.2 Å². The highest BCUT2D eigenvalue weighted by molar-refractivity contribution is 5.93. The van der Waals surface area contributed by atoms with Gasteiger partial charge in [0.25, 0.3) is 0 Å². The Morgan fingerprint density at radius 3 is 2.65 bits per heavy atom. The quantitative estimate of drug-likeness (QED) is 0.431. The van der Waals surface area contributed by atoms with Crippen molar-refractivity contribution >= 4 is 11.9 Å². The fourth-order valence-electron chi connectivity index (χ4n) is 1.08. The van der Waals surface area contributed by atoms with E-state index in [9.17, 15) is 22.8 Å². The average Bonchev–Trinajstić information content (AvgIpc) is 2.26. The SMILES string of the molecule is O=C(/C=C/[C@@H]1CNCCO1)OC(=O)C(F)(F)F. The minimum Gasteiger partial charge on any atom is -0.383 e. The maximum absolute atomic E-state index is 11.7. The van der Waals surface area contributed by atoms with Crippen molar-refractivity contribution in [3.8, 4) is 0 Å². The first-order valence-corrected chi connectivity index (χ1v) is 4.73. The number of nitrogens with one attached hydrogen (secondary N) is 1. The first-order chi connectivity index (χ1) is 7.89. The summed E-state index contributed by atoms with van der Waals surface area (Å²) in [6, 6.07) is 0. The molecule has 1 N–H and O–H groups in total. The van der Waals surface area contributed by atoms with Crippen LogP contribution in [0.25, 0.3) is 0 Å². The monoisotopic (exact) mass is 253 g/mol. The summed E-state index contributed by atoms with van der Waals surface area (Å²) in [6.45, 7) is 1.55. The lowest BCUT2D eigenvalue weighted by atomic mass is 10.3. The van der Waals surface area contributed by atoms with Crippen molar-refractivity contribution in [2.45, 2.75) is 12.3 Å². The molecule has 0 saturated carbocycles. The van der Waals surface area contributed by atoms with Gasteiger partial charge in [0.05, 0.1) is 12.7 Å². The van der Waals surface area contributed by atoms with Gasteiger partial charge in [-0.15, -0.1) is 0 Å². The van der Waals surface area contributed by atoms with E-state index in [-0.39, 0.29) is 0 Å². The van der Waals surface area contributed by atoms with Crippen LogP contribution in [-0.2, 0) is 19.1 Å². The molecular formula is C9H10F3NO4. The van der Waals surface area contributed by atoms with Crippen LogP contribution in [0, 0.1) is 0 Å². The fourth-order valence-corrected chi connectivity index (χ4v) is 1.08. The third-order valence-electron chi connectivity index (χ3n) is 1.83. The summed E-state index contributed by atoms with van der Waals surface area (Å²) >= 11 is 0. The average molecular weight is 253 g/mol. The van der Waals surface area contributed by atoms with Crippen LogP contribution < -0.4 is 5.32 Å². The third-order valence-corrected chi connectivity index (χ3v) is 1.83. The fraction of sp³-hybridized carbons (Fsp3) is 0.556. The van der Waals surface area contributed by atoms with Gasteiger partial charge in [-0.05, 0) is 6.08 Å². The van der Waals surface area contributed by atoms with E-state index in [1.807, 2.05) is 0 Å². The normalized spacial score (nSPS) is 21.5. The highest BCUT2D eigenvalue weighted by Crippen LogP contribution is 2.16. The maximum Gasteiger partial charge on any atom is 0.491 e. The number of rotatable bonds is 2. The molecule has 0 aliphatic carbocycles. The Labute approximate surface area is 94.6 Å². The number of esters is 2. The van der Waals surface area contributed by atoms with Crippen molar-refractivity contribution in [3.63, 3.8) is 0 Å². The van der Waals surface area contributed by atoms with E-state index in [0.29, 0.717) is 19.7 Å². The van der Waals surface area contributed by atoms with E-state index >= 15 is 0 Å². The Morgan fingerprint density at radius 1 is 1.41 bits per heavy atom. The molecule has 0 aromatic carbocycles. The Morgan fingerprint density at radius 2 is 2.12 bits per heavy atom. The molecule has 0 radical (unpaired) electrons. The molecule has 96 valence electrons. The standard InChI is InChI=1S/C9H10F3NO4/c10-9(11,12)8(15)17-7(14)2-1-6-5-13-3-4-16-6/h1-2,6,13H,3-5H2/b2-1+/t6-/m1/s1. The van der Waals surface area contributed by atoms with Crippen LogP contribution in [-0.4, -0.2) is 43.9 Å². The molecule has 17 heavy (non-hydrogen) atoms.